The molecule has 2 N–H and O–H groups in total. The molecule has 0 saturated carbocycles. The van der Waals surface area contributed by atoms with Crippen LogP contribution in [0.4, 0.5) is 5.82 Å². The molecular formula is C16H27N5O3S. The number of aliphatic hydroxyl groups is 1. The van der Waals surface area contributed by atoms with E-state index in [1.165, 1.54) is 10.6 Å². The van der Waals surface area contributed by atoms with E-state index in [9.17, 15) is 13.5 Å². The third-order valence-electron chi connectivity index (χ3n) is 5.03. The molecule has 1 atom stereocenters. The molecule has 1 aromatic heterocycles. The van der Waals surface area contributed by atoms with Crippen LogP contribution in [0.2, 0.25) is 0 Å². The Kier molecular flexibility index (Phi) is 5.29. The molecule has 140 valence electrons. The zero-order chi connectivity index (χ0) is 18.1. The fourth-order valence-electron chi connectivity index (χ4n) is 3.63. The summed E-state index contributed by atoms with van der Waals surface area (Å²) in [4.78, 5) is 10.6. The van der Waals surface area contributed by atoms with Gasteiger partial charge in [0.1, 0.15) is 12.1 Å². The van der Waals surface area contributed by atoms with Gasteiger partial charge < -0.3 is 15.3 Å². The van der Waals surface area contributed by atoms with Crippen LogP contribution in [0.25, 0.3) is 0 Å². The minimum Gasteiger partial charge on any atom is -0.387 e. The number of aromatic nitrogens is 2. The predicted octanol–water partition coefficient (Wildman–Crippen LogP) is 0.0577. The summed E-state index contributed by atoms with van der Waals surface area (Å²) in [6.45, 7) is 4.83. The molecule has 25 heavy (non-hydrogen) atoms. The number of aryl methyl sites for hydroxylation is 1. The maximum Gasteiger partial charge on any atom is 0.211 e. The summed E-state index contributed by atoms with van der Waals surface area (Å²) in [6.07, 6.45) is 5.20. The lowest BCUT2D eigenvalue weighted by Gasteiger charge is -2.36. The molecule has 2 fully saturated rings. The van der Waals surface area contributed by atoms with E-state index in [-0.39, 0.29) is 6.54 Å². The van der Waals surface area contributed by atoms with Gasteiger partial charge in [0.25, 0.3) is 0 Å². The molecule has 0 aliphatic carbocycles. The fourth-order valence-corrected chi connectivity index (χ4v) is 4.52. The monoisotopic (exact) mass is 369 g/mol. The van der Waals surface area contributed by atoms with Crippen molar-refractivity contribution in [3.05, 3.63) is 18.1 Å². The van der Waals surface area contributed by atoms with Gasteiger partial charge in [0.15, 0.2) is 0 Å². The Hall–Kier alpha value is -1.29. The van der Waals surface area contributed by atoms with Gasteiger partial charge in [-0.15, -0.1) is 0 Å². The lowest BCUT2D eigenvalue weighted by molar-refractivity contribution is 0.0106. The maximum absolute atomic E-state index is 11.6. The lowest BCUT2D eigenvalue weighted by Crippen LogP contribution is -2.49. The molecule has 2 aliphatic heterocycles. The van der Waals surface area contributed by atoms with E-state index in [1.54, 1.807) is 6.33 Å². The second kappa shape index (κ2) is 7.14. The molecule has 0 amide bonds. The van der Waals surface area contributed by atoms with Crippen LogP contribution < -0.4 is 5.32 Å². The van der Waals surface area contributed by atoms with E-state index in [2.05, 4.69) is 20.2 Å². The average molecular weight is 369 g/mol. The Labute approximate surface area is 149 Å². The van der Waals surface area contributed by atoms with Gasteiger partial charge in [-0.1, -0.05) is 0 Å². The normalized spacial score (nSPS) is 26.8. The largest absolute Gasteiger partial charge is 0.387 e. The molecule has 3 heterocycles. The summed E-state index contributed by atoms with van der Waals surface area (Å²) in [5, 5.41) is 14.2. The highest BCUT2D eigenvalue weighted by Crippen LogP contribution is 2.26. The fraction of sp³-hybridized carbons (Fsp3) is 0.750. The van der Waals surface area contributed by atoms with Gasteiger partial charge in [-0.05, 0) is 26.2 Å². The van der Waals surface area contributed by atoms with Gasteiger partial charge in [-0.25, -0.2) is 18.4 Å². The van der Waals surface area contributed by atoms with Crippen LogP contribution in [-0.4, -0.2) is 83.3 Å². The van der Waals surface area contributed by atoms with Crippen LogP contribution in [0.3, 0.4) is 0 Å². The molecule has 0 radical (unpaired) electrons. The van der Waals surface area contributed by atoms with Crippen molar-refractivity contribution in [1.29, 1.82) is 0 Å². The Bertz CT molecular complexity index is 705. The van der Waals surface area contributed by atoms with E-state index in [0.717, 1.165) is 37.4 Å². The molecule has 0 spiro atoms. The summed E-state index contributed by atoms with van der Waals surface area (Å²) in [5.74, 6) is 0.851. The number of piperidine rings is 1. The van der Waals surface area contributed by atoms with Gasteiger partial charge in [-0.3, -0.25) is 0 Å². The van der Waals surface area contributed by atoms with Gasteiger partial charge in [0, 0.05) is 50.5 Å². The third kappa shape index (κ3) is 4.87. The van der Waals surface area contributed by atoms with Crippen LogP contribution in [0.1, 0.15) is 25.0 Å². The van der Waals surface area contributed by atoms with Crippen molar-refractivity contribution < 1.29 is 13.5 Å². The number of hydrogen-bond donors (Lipinski definition) is 2. The number of β-amino-alcohol motifs (C(OH)–C–C–N with tert-alkyl or cyclic N) is 1. The first-order valence-corrected chi connectivity index (χ1v) is 10.5. The third-order valence-corrected chi connectivity index (χ3v) is 6.28. The van der Waals surface area contributed by atoms with Crippen molar-refractivity contribution in [3.63, 3.8) is 0 Å². The molecule has 0 aromatic carbocycles. The van der Waals surface area contributed by atoms with Crippen LogP contribution in [0, 0.1) is 6.92 Å². The lowest BCUT2D eigenvalue weighted by atomic mass is 9.99. The van der Waals surface area contributed by atoms with Crippen molar-refractivity contribution in [2.75, 3.05) is 44.3 Å². The summed E-state index contributed by atoms with van der Waals surface area (Å²) in [5.41, 5.74) is 0.00134. The van der Waals surface area contributed by atoms with Crippen LogP contribution in [-0.2, 0) is 10.0 Å². The smallest absolute Gasteiger partial charge is 0.211 e. The number of sulfonamides is 1. The summed E-state index contributed by atoms with van der Waals surface area (Å²) < 4.78 is 24.6. The molecule has 8 nitrogen and oxygen atoms in total. The second-order valence-corrected chi connectivity index (χ2v) is 9.29. The Morgan fingerprint density at radius 1 is 1.32 bits per heavy atom. The topological polar surface area (TPSA) is 98.7 Å². The zero-order valence-corrected chi connectivity index (χ0v) is 15.7. The van der Waals surface area contributed by atoms with Gasteiger partial charge in [-0.2, -0.15) is 4.31 Å². The van der Waals surface area contributed by atoms with Crippen molar-refractivity contribution in [1.82, 2.24) is 19.2 Å². The minimum atomic E-state index is -3.23. The van der Waals surface area contributed by atoms with Gasteiger partial charge in [0.2, 0.25) is 10.0 Å². The molecule has 9 heteroatoms. The molecule has 1 aromatic rings. The number of nitrogens with zero attached hydrogens (tertiary/aromatic N) is 4. The molecule has 2 aliphatic rings. The van der Waals surface area contributed by atoms with E-state index >= 15 is 0 Å². The first kappa shape index (κ1) is 18.5. The summed E-state index contributed by atoms with van der Waals surface area (Å²) in [6, 6.07) is 2.30. The molecule has 0 bridgehead atoms. The highest BCUT2D eigenvalue weighted by atomic mass is 32.2. The number of anilines is 1. The van der Waals surface area contributed by atoms with Crippen molar-refractivity contribution >= 4 is 15.8 Å². The standard InChI is InChI=1S/C16H27N5O3S/c1-13-9-15(18-12-17-13)19-14-3-6-20(7-4-14)10-16(22)5-8-21(11-16)25(2,23)24/h9,12,14,22H,3-8,10-11H2,1-2H3,(H,17,18,19). The summed E-state index contributed by atoms with van der Waals surface area (Å²) in [7, 11) is -3.23. The Balaban J connectivity index is 1.48. The van der Waals surface area contributed by atoms with Crippen molar-refractivity contribution in [2.24, 2.45) is 0 Å². The number of hydrogen-bond acceptors (Lipinski definition) is 7. The van der Waals surface area contributed by atoms with Crippen molar-refractivity contribution in [3.8, 4) is 0 Å². The second-order valence-electron chi connectivity index (χ2n) is 7.31. The summed E-state index contributed by atoms with van der Waals surface area (Å²) >= 11 is 0. The van der Waals surface area contributed by atoms with E-state index in [1.807, 2.05) is 13.0 Å². The average Bonchev–Trinajstić information content (AvgIpc) is 2.92. The molecule has 1 unspecified atom stereocenters. The SMILES string of the molecule is Cc1cc(NC2CCN(CC3(O)CCN(S(C)(=O)=O)C3)CC2)ncn1. The van der Waals surface area contributed by atoms with Crippen molar-refractivity contribution in [2.45, 2.75) is 37.8 Å². The minimum absolute atomic E-state index is 0.199. The number of nitrogens with one attached hydrogen (secondary N) is 1. The van der Waals surface area contributed by atoms with Crippen LogP contribution >= 0.6 is 0 Å². The Morgan fingerprint density at radius 2 is 2.04 bits per heavy atom. The predicted molar refractivity (Wildman–Crippen MR) is 95.8 cm³/mol. The molecule has 2 saturated heterocycles. The van der Waals surface area contributed by atoms with Crippen LogP contribution in [0.15, 0.2) is 12.4 Å². The molecule has 3 rings (SSSR count). The van der Waals surface area contributed by atoms with Gasteiger partial charge in [0.05, 0.1) is 11.9 Å². The van der Waals surface area contributed by atoms with E-state index in [4.69, 9.17) is 0 Å². The quantitative estimate of drug-likeness (QED) is 0.757. The Morgan fingerprint density at radius 3 is 2.64 bits per heavy atom. The zero-order valence-electron chi connectivity index (χ0n) is 14.8. The highest BCUT2D eigenvalue weighted by Gasteiger charge is 2.41. The molecular weight excluding hydrogens is 342 g/mol. The highest BCUT2D eigenvalue weighted by molar-refractivity contribution is 7.88. The van der Waals surface area contributed by atoms with Crippen LogP contribution in [0.5, 0.6) is 0 Å². The first-order chi connectivity index (χ1) is 11.7. The first-order valence-electron chi connectivity index (χ1n) is 8.69. The maximum atomic E-state index is 11.6. The van der Waals surface area contributed by atoms with E-state index < -0.39 is 15.6 Å². The van der Waals surface area contributed by atoms with Gasteiger partial charge >= 0.3 is 0 Å². The van der Waals surface area contributed by atoms with E-state index in [0.29, 0.717) is 25.6 Å². The number of likely N-dealkylation sites (tertiary alicyclic amines) is 1. The number of rotatable bonds is 5.